The molecule has 6 N–H and O–H groups in total. The van der Waals surface area contributed by atoms with Gasteiger partial charge in [-0.3, -0.25) is 33.6 Å². The van der Waals surface area contributed by atoms with E-state index in [1.54, 1.807) is 13.8 Å². The number of ketones is 2. The molecule has 43 heavy (non-hydrogen) atoms. The van der Waals surface area contributed by atoms with Crippen LogP contribution in [-0.4, -0.2) is 67.5 Å². The molecule has 3 atom stereocenters. The fourth-order valence-electron chi connectivity index (χ4n) is 4.00. The van der Waals surface area contributed by atoms with Crippen LogP contribution in [0.4, 0.5) is 0 Å². The van der Waals surface area contributed by atoms with E-state index in [1.165, 1.54) is 0 Å². The van der Waals surface area contributed by atoms with Crippen LogP contribution in [0, 0.1) is 18.8 Å². The van der Waals surface area contributed by atoms with Gasteiger partial charge in [-0.1, -0.05) is 33.1 Å². The first-order valence-electron chi connectivity index (χ1n) is 14.9. The third-order valence-electron chi connectivity index (χ3n) is 6.86. The Kier molecular flexibility index (Phi) is 31.2. The van der Waals surface area contributed by atoms with E-state index in [1.807, 2.05) is 6.92 Å². The number of carbonyl (C=O) groups excluding carboxylic acids is 6. The molecule has 0 bridgehead atoms. The van der Waals surface area contributed by atoms with E-state index in [0.29, 0.717) is 96.7 Å². The molecule has 0 aromatic carbocycles. The zero-order chi connectivity index (χ0) is 31.0. The van der Waals surface area contributed by atoms with Crippen LogP contribution in [0.15, 0.2) is 0 Å². The predicted molar refractivity (Wildman–Crippen MR) is 156 cm³/mol. The Morgan fingerprint density at radius 3 is 1.74 bits per heavy atom. The largest absolute Gasteiger partial charge is 0.358 e. The van der Waals surface area contributed by atoms with Crippen molar-refractivity contribution >= 4 is 35.2 Å². The molecule has 0 radical (unpaired) electrons. The number of Topliss-reactive ketones (excluding diaryl/α,β-unsaturated/α-hetero) is 2. The van der Waals surface area contributed by atoms with Gasteiger partial charge in [0.2, 0.25) is 17.7 Å². The molecule has 0 aromatic heterocycles. The van der Waals surface area contributed by atoms with E-state index in [9.17, 15) is 28.8 Å². The zero-order valence-corrected chi connectivity index (χ0v) is 31.9. The number of rotatable bonds is 25. The van der Waals surface area contributed by atoms with Gasteiger partial charge in [-0.25, -0.2) is 5.90 Å². The first-order valence-corrected chi connectivity index (χ1v) is 14.9. The second-order valence-electron chi connectivity index (χ2n) is 10.2. The zero-order valence-electron chi connectivity index (χ0n) is 26.0. The van der Waals surface area contributed by atoms with Crippen LogP contribution < -0.4 is 27.2 Å². The van der Waals surface area contributed by atoms with Crippen LogP contribution in [0.5, 0.6) is 0 Å². The SMILES string of the molecule is [CH2-]C(CCC(=O)CC)C(=O)NCCCCC(NC(=O)C(CC)CCC(=O)CC)C(=O)NCCCCNC(=O)CON.[W].[W]. The van der Waals surface area contributed by atoms with Gasteiger partial charge in [0.15, 0.2) is 5.91 Å². The number of unbranched alkanes of at least 4 members (excludes halogenated alkanes) is 2. The van der Waals surface area contributed by atoms with Gasteiger partial charge in [-0.2, -0.15) is 0 Å². The van der Waals surface area contributed by atoms with Gasteiger partial charge in [-0.15, -0.1) is 0 Å². The monoisotopic (exact) mass is 950 g/mol. The minimum absolute atomic E-state index is 0. The minimum Gasteiger partial charge on any atom is -0.358 e. The topological polar surface area (TPSA) is 186 Å². The van der Waals surface area contributed by atoms with Crippen LogP contribution in [0.25, 0.3) is 0 Å². The van der Waals surface area contributed by atoms with Crippen LogP contribution >= 0.6 is 0 Å². The van der Waals surface area contributed by atoms with Crippen molar-refractivity contribution in [2.24, 2.45) is 17.7 Å². The van der Waals surface area contributed by atoms with Gasteiger partial charge in [-0.05, 0) is 44.9 Å². The minimum atomic E-state index is -0.754. The average molecular weight is 950 g/mol. The first-order chi connectivity index (χ1) is 19.6. The summed E-state index contributed by atoms with van der Waals surface area (Å²) < 4.78 is 0. The molecule has 0 saturated carbocycles. The fraction of sp³-hybridized carbons (Fsp3) is 0.759. The van der Waals surface area contributed by atoms with Crippen molar-refractivity contribution in [3.8, 4) is 0 Å². The van der Waals surface area contributed by atoms with Crippen LogP contribution in [0.3, 0.4) is 0 Å². The van der Waals surface area contributed by atoms with Crippen molar-refractivity contribution in [1.29, 1.82) is 0 Å². The maximum Gasteiger partial charge on any atom is 0.248 e. The Labute approximate surface area is 285 Å². The first kappa shape index (κ1) is 45.9. The summed E-state index contributed by atoms with van der Waals surface area (Å²) in [5, 5.41) is 11.2. The van der Waals surface area contributed by atoms with Gasteiger partial charge >= 0.3 is 0 Å². The van der Waals surface area contributed by atoms with Crippen molar-refractivity contribution < 1.29 is 75.7 Å². The Bertz CT molecular complexity index is 833. The van der Waals surface area contributed by atoms with Gasteiger partial charge in [0.1, 0.15) is 24.2 Å². The quantitative estimate of drug-likeness (QED) is 0.0520. The molecule has 3 unspecified atom stereocenters. The van der Waals surface area contributed by atoms with Crippen molar-refractivity contribution in [3.05, 3.63) is 6.92 Å². The molecule has 12 nitrogen and oxygen atoms in total. The van der Waals surface area contributed by atoms with Crippen molar-refractivity contribution in [2.75, 3.05) is 26.2 Å². The number of carbonyl (C=O) groups is 6. The molecule has 0 rings (SSSR count). The molecule has 0 spiro atoms. The molecule has 0 fully saturated rings. The standard InChI is InChI=1S/C29H52N5O7.2W/c1-5-22(14-16-24(36)7-3)28(39)34-25(29(40)33-19-11-10-17-31-26(37)20-41-30)12-8-9-18-32-27(38)21(4)13-15-23(35)6-2;;/h21-22,25H,4-20,30H2,1-3H3,(H,31,37)(H,32,38)(H,33,40)(H,34,39);;/q-1;;. The molecule has 0 aliphatic heterocycles. The Balaban J connectivity index is -0.00000800. The Morgan fingerprint density at radius 1 is 0.698 bits per heavy atom. The fourth-order valence-corrected chi connectivity index (χ4v) is 4.00. The van der Waals surface area contributed by atoms with E-state index in [0.717, 1.165) is 0 Å². The molecule has 0 saturated heterocycles. The number of amides is 4. The number of nitrogens with one attached hydrogen (secondary N) is 4. The van der Waals surface area contributed by atoms with E-state index < -0.39 is 12.0 Å². The van der Waals surface area contributed by atoms with Crippen molar-refractivity contribution in [2.45, 2.75) is 104 Å². The summed E-state index contributed by atoms with van der Waals surface area (Å²) in [5.74, 6) is 3.10. The maximum absolute atomic E-state index is 13.0. The van der Waals surface area contributed by atoms with Gasteiger partial charge in [0.25, 0.3) is 0 Å². The third kappa shape index (κ3) is 23.6. The average Bonchev–Trinajstić information content (AvgIpc) is 2.96. The molecule has 248 valence electrons. The molecule has 0 heterocycles. The smallest absolute Gasteiger partial charge is 0.248 e. The predicted octanol–water partition coefficient (Wildman–Crippen LogP) is 1.65. The molecule has 0 aliphatic carbocycles. The Morgan fingerprint density at radius 2 is 1.21 bits per heavy atom. The summed E-state index contributed by atoms with van der Waals surface area (Å²) in [7, 11) is 0. The van der Waals surface area contributed by atoms with Gasteiger partial charge in [0, 0.05) is 93.4 Å². The van der Waals surface area contributed by atoms with Crippen molar-refractivity contribution in [1.82, 2.24) is 21.3 Å². The molecule has 4 amide bonds. The molecular formula is C29H52N5O7W2-. The third-order valence-corrected chi connectivity index (χ3v) is 6.86. The molecule has 0 aromatic rings. The van der Waals surface area contributed by atoms with Gasteiger partial charge < -0.3 is 28.2 Å². The van der Waals surface area contributed by atoms with E-state index >= 15 is 0 Å². The van der Waals surface area contributed by atoms with E-state index in [4.69, 9.17) is 5.90 Å². The maximum atomic E-state index is 13.0. The summed E-state index contributed by atoms with van der Waals surface area (Å²) >= 11 is 0. The second-order valence-corrected chi connectivity index (χ2v) is 10.2. The van der Waals surface area contributed by atoms with Gasteiger partial charge in [0.05, 0.1) is 0 Å². The van der Waals surface area contributed by atoms with Crippen LogP contribution in [0.2, 0.25) is 0 Å². The summed E-state index contributed by atoms with van der Waals surface area (Å²) in [4.78, 5) is 77.0. The van der Waals surface area contributed by atoms with E-state index in [2.05, 4.69) is 33.0 Å². The molecular weight excluding hydrogens is 898 g/mol. The normalized spacial score (nSPS) is 12.4. The molecule has 0 aliphatic rings. The summed E-state index contributed by atoms with van der Waals surface area (Å²) in [6.07, 6.45) is 5.74. The van der Waals surface area contributed by atoms with Crippen LogP contribution in [-0.2, 0) is 75.7 Å². The second kappa shape index (κ2) is 29.2. The number of hydrogen-bond acceptors (Lipinski definition) is 8. The Hall–Kier alpha value is -1.48. The van der Waals surface area contributed by atoms with Crippen molar-refractivity contribution in [3.63, 3.8) is 0 Å². The number of nitrogens with two attached hydrogens (primary N) is 1. The number of hydrogen-bond donors (Lipinski definition) is 5. The van der Waals surface area contributed by atoms with Crippen LogP contribution in [0.1, 0.15) is 97.8 Å². The summed E-state index contributed by atoms with van der Waals surface area (Å²) in [5.41, 5.74) is 0. The summed E-state index contributed by atoms with van der Waals surface area (Å²) in [6, 6.07) is -0.754. The summed E-state index contributed by atoms with van der Waals surface area (Å²) in [6.45, 7) is 10.3. The molecule has 14 heteroatoms. The van der Waals surface area contributed by atoms with E-state index in [-0.39, 0.29) is 89.9 Å².